The van der Waals surface area contributed by atoms with Gasteiger partial charge in [-0.05, 0) is 35.9 Å². The molecule has 27 heavy (non-hydrogen) atoms. The van der Waals surface area contributed by atoms with E-state index in [-0.39, 0.29) is 5.91 Å². The van der Waals surface area contributed by atoms with Gasteiger partial charge in [-0.3, -0.25) is 9.69 Å². The molecule has 3 rings (SSSR count). The molecule has 1 heterocycles. The van der Waals surface area contributed by atoms with E-state index in [1.54, 1.807) is 13.2 Å². The second-order valence-corrected chi connectivity index (χ2v) is 6.44. The zero-order valence-electron chi connectivity index (χ0n) is 15.7. The van der Waals surface area contributed by atoms with Gasteiger partial charge in [0, 0.05) is 38.8 Å². The number of carbonyl (C=O) groups is 1. The summed E-state index contributed by atoms with van der Waals surface area (Å²) in [4.78, 5) is 16.6. The van der Waals surface area contributed by atoms with Crippen LogP contribution in [-0.2, 0) is 4.79 Å². The van der Waals surface area contributed by atoms with Crippen molar-refractivity contribution in [3.05, 3.63) is 66.2 Å². The molecule has 5 heteroatoms. The zero-order valence-corrected chi connectivity index (χ0v) is 15.7. The van der Waals surface area contributed by atoms with Crippen LogP contribution in [-0.4, -0.2) is 62.1 Å². The van der Waals surface area contributed by atoms with E-state index in [0.29, 0.717) is 6.61 Å². The van der Waals surface area contributed by atoms with E-state index in [2.05, 4.69) is 4.90 Å². The molecule has 1 aliphatic heterocycles. The molecule has 0 bridgehead atoms. The fourth-order valence-corrected chi connectivity index (χ4v) is 3.02. The summed E-state index contributed by atoms with van der Waals surface area (Å²) in [5, 5.41) is 0. The first-order valence-corrected chi connectivity index (χ1v) is 9.26. The summed E-state index contributed by atoms with van der Waals surface area (Å²) >= 11 is 0. The minimum Gasteiger partial charge on any atom is -0.497 e. The summed E-state index contributed by atoms with van der Waals surface area (Å²) < 4.78 is 11.0. The molecule has 142 valence electrons. The number of hydrogen-bond donors (Lipinski definition) is 0. The number of rotatable bonds is 7. The summed E-state index contributed by atoms with van der Waals surface area (Å²) in [6, 6.07) is 17.5. The fourth-order valence-electron chi connectivity index (χ4n) is 3.02. The second-order valence-electron chi connectivity index (χ2n) is 6.44. The predicted molar refractivity (Wildman–Crippen MR) is 107 cm³/mol. The molecule has 5 nitrogen and oxygen atoms in total. The summed E-state index contributed by atoms with van der Waals surface area (Å²) in [5.74, 6) is 1.74. The topological polar surface area (TPSA) is 42.0 Å². The lowest BCUT2D eigenvalue weighted by Crippen LogP contribution is -2.49. The van der Waals surface area contributed by atoms with Crippen molar-refractivity contribution < 1.29 is 14.3 Å². The third-order valence-electron chi connectivity index (χ3n) is 4.62. The molecular weight excluding hydrogens is 340 g/mol. The Kier molecular flexibility index (Phi) is 6.88. The van der Waals surface area contributed by atoms with Crippen LogP contribution in [0.2, 0.25) is 0 Å². The number of nitrogens with zero attached hydrogens (tertiary/aromatic N) is 2. The Hall–Kier alpha value is -2.79. The van der Waals surface area contributed by atoms with Crippen LogP contribution in [0.5, 0.6) is 11.5 Å². The molecule has 1 aliphatic rings. The first-order valence-electron chi connectivity index (χ1n) is 9.26. The van der Waals surface area contributed by atoms with Gasteiger partial charge in [-0.25, -0.2) is 0 Å². The van der Waals surface area contributed by atoms with Gasteiger partial charge in [0.1, 0.15) is 18.1 Å². The number of ether oxygens (including phenoxy) is 2. The average molecular weight is 366 g/mol. The smallest absolute Gasteiger partial charge is 0.246 e. The highest BCUT2D eigenvalue weighted by Gasteiger charge is 2.19. The minimum atomic E-state index is 0.0537. The van der Waals surface area contributed by atoms with Gasteiger partial charge in [-0.2, -0.15) is 0 Å². The van der Waals surface area contributed by atoms with Gasteiger partial charge in [0.25, 0.3) is 0 Å². The predicted octanol–water partition coefficient (Wildman–Crippen LogP) is 2.93. The third-order valence-corrected chi connectivity index (χ3v) is 4.62. The Balaban J connectivity index is 1.40. The SMILES string of the molecule is COc1cccc(/C=C/C(=O)N2CCN(CCOc3ccccc3)CC2)c1. The normalized spacial score (nSPS) is 15.1. The highest BCUT2D eigenvalue weighted by atomic mass is 16.5. The van der Waals surface area contributed by atoms with Gasteiger partial charge in [-0.15, -0.1) is 0 Å². The number of para-hydroxylation sites is 1. The zero-order chi connectivity index (χ0) is 18.9. The highest BCUT2D eigenvalue weighted by molar-refractivity contribution is 5.91. The fraction of sp³-hybridized carbons (Fsp3) is 0.318. The standard InChI is InChI=1S/C22H26N2O3/c1-26-21-9-5-6-19(18-21)10-11-22(25)24-14-12-23(13-15-24)16-17-27-20-7-3-2-4-8-20/h2-11,18H,12-17H2,1H3/b11-10+. The van der Waals surface area contributed by atoms with Crippen molar-refractivity contribution in [1.82, 2.24) is 9.80 Å². The molecule has 0 aromatic heterocycles. The molecule has 2 aromatic rings. The number of carbonyl (C=O) groups excluding carboxylic acids is 1. The lowest BCUT2D eigenvalue weighted by molar-refractivity contribution is -0.127. The van der Waals surface area contributed by atoms with Gasteiger partial charge in [-0.1, -0.05) is 30.3 Å². The maximum absolute atomic E-state index is 12.4. The Bertz CT molecular complexity index is 753. The Morgan fingerprint density at radius 3 is 2.48 bits per heavy atom. The molecule has 0 N–H and O–H groups in total. The molecule has 1 fully saturated rings. The van der Waals surface area contributed by atoms with Crippen LogP contribution >= 0.6 is 0 Å². The molecule has 0 aliphatic carbocycles. The van der Waals surface area contributed by atoms with Crippen molar-refractivity contribution in [3.8, 4) is 11.5 Å². The third kappa shape index (κ3) is 5.86. The second kappa shape index (κ2) is 9.78. The van der Waals surface area contributed by atoms with Crippen molar-refractivity contribution in [2.45, 2.75) is 0 Å². The number of methoxy groups -OCH3 is 1. The summed E-state index contributed by atoms with van der Waals surface area (Å²) in [6.45, 7) is 4.76. The Labute approximate surface area is 160 Å². The Morgan fingerprint density at radius 1 is 1.00 bits per heavy atom. The maximum Gasteiger partial charge on any atom is 0.246 e. The van der Waals surface area contributed by atoms with Crippen molar-refractivity contribution in [2.24, 2.45) is 0 Å². The molecule has 2 aromatic carbocycles. The summed E-state index contributed by atoms with van der Waals surface area (Å²) in [5.41, 5.74) is 0.958. The van der Waals surface area contributed by atoms with Crippen LogP contribution in [0.15, 0.2) is 60.7 Å². The number of amides is 1. The van der Waals surface area contributed by atoms with E-state index >= 15 is 0 Å². The molecule has 0 saturated carbocycles. The lowest BCUT2D eigenvalue weighted by atomic mass is 10.2. The maximum atomic E-state index is 12.4. The van der Waals surface area contributed by atoms with Gasteiger partial charge in [0.15, 0.2) is 0 Å². The number of benzene rings is 2. The molecular formula is C22H26N2O3. The summed E-state index contributed by atoms with van der Waals surface area (Å²) in [6.07, 6.45) is 3.48. The summed E-state index contributed by atoms with van der Waals surface area (Å²) in [7, 11) is 1.64. The van der Waals surface area contributed by atoms with E-state index in [4.69, 9.17) is 9.47 Å². The number of hydrogen-bond acceptors (Lipinski definition) is 4. The first-order chi connectivity index (χ1) is 13.2. The molecule has 0 radical (unpaired) electrons. The van der Waals surface area contributed by atoms with Gasteiger partial charge < -0.3 is 14.4 Å². The molecule has 1 amide bonds. The monoisotopic (exact) mass is 366 g/mol. The van der Waals surface area contributed by atoms with Crippen LogP contribution in [0.25, 0.3) is 6.08 Å². The van der Waals surface area contributed by atoms with E-state index in [9.17, 15) is 4.79 Å². The van der Waals surface area contributed by atoms with Crippen LogP contribution in [0.1, 0.15) is 5.56 Å². The van der Waals surface area contributed by atoms with Crippen LogP contribution in [0.4, 0.5) is 0 Å². The van der Waals surface area contributed by atoms with Gasteiger partial charge in [0.2, 0.25) is 5.91 Å². The van der Waals surface area contributed by atoms with Crippen molar-refractivity contribution in [2.75, 3.05) is 46.4 Å². The average Bonchev–Trinajstić information content (AvgIpc) is 2.73. The van der Waals surface area contributed by atoms with E-state index < -0.39 is 0 Å². The van der Waals surface area contributed by atoms with Crippen molar-refractivity contribution in [1.29, 1.82) is 0 Å². The van der Waals surface area contributed by atoms with Crippen LogP contribution in [0.3, 0.4) is 0 Å². The van der Waals surface area contributed by atoms with Crippen molar-refractivity contribution in [3.63, 3.8) is 0 Å². The molecule has 1 saturated heterocycles. The number of piperazine rings is 1. The molecule has 0 atom stereocenters. The van der Waals surface area contributed by atoms with E-state index in [1.165, 1.54) is 0 Å². The Morgan fingerprint density at radius 2 is 1.74 bits per heavy atom. The highest BCUT2D eigenvalue weighted by Crippen LogP contribution is 2.14. The first kappa shape index (κ1) is 19.0. The van der Waals surface area contributed by atoms with Crippen molar-refractivity contribution >= 4 is 12.0 Å². The molecule has 0 spiro atoms. The van der Waals surface area contributed by atoms with Gasteiger partial charge in [0.05, 0.1) is 7.11 Å². The molecule has 0 unspecified atom stereocenters. The van der Waals surface area contributed by atoms with E-state index in [1.807, 2.05) is 65.6 Å². The van der Waals surface area contributed by atoms with Gasteiger partial charge >= 0.3 is 0 Å². The minimum absolute atomic E-state index is 0.0537. The van der Waals surface area contributed by atoms with Crippen LogP contribution in [0, 0.1) is 0 Å². The lowest BCUT2D eigenvalue weighted by Gasteiger charge is -2.34. The van der Waals surface area contributed by atoms with E-state index in [0.717, 1.165) is 49.8 Å². The quantitative estimate of drug-likeness (QED) is 0.707. The largest absolute Gasteiger partial charge is 0.497 e. The van der Waals surface area contributed by atoms with Crippen LogP contribution < -0.4 is 9.47 Å².